The van der Waals surface area contributed by atoms with E-state index >= 15 is 0 Å². The minimum Gasteiger partial charge on any atom is -0.493 e. The number of aromatic nitrogens is 2. The molecule has 2 unspecified atom stereocenters. The van der Waals surface area contributed by atoms with Crippen LogP contribution in [0.1, 0.15) is 42.7 Å². The fraction of sp³-hybridized carbons (Fsp3) is 0.276. The van der Waals surface area contributed by atoms with Crippen LogP contribution in [-0.2, 0) is 4.79 Å². The first-order chi connectivity index (χ1) is 18.8. The summed E-state index contributed by atoms with van der Waals surface area (Å²) >= 11 is 0. The van der Waals surface area contributed by atoms with Crippen LogP contribution in [0.15, 0.2) is 60.7 Å². The third-order valence-electron chi connectivity index (χ3n) is 6.67. The van der Waals surface area contributed by atoms with Crippen LogP contribution in [0.25, 0.3) is 22.2 Å². The fourth-order valence-electron chi connectivity index (χ4n) is 4.83. The van der Waals surface area contributed by atoms with Gasteiger partial charge in [-0.15, -0.1) is 0 Å². The van der Waals surface area contributed by atoms with E-state index in [1.54, 1.807) is 30.3 Å². The summed E-state index contributed by atoms with van der Waals surface area (Å²) in [5.41, 5.74) is 15.6. The normalized spacial score (nSPS) is 12.8. The van der Waals surface area contributed by atoms with Gasteiger partial charge in [0.15, 0.2) is 12.1 Å². The first kappa shape index (κ1) is 27.6. The molecule has 39 heavy (non-hydrogen) atoms. The zero-order valence-corrected chi connectivity index (χ0v) is 22.3. The number of fused-ring (bicyclic) bond motifs is 1. The minimum absolute atomic E-state index is 0.280. The summed E-state index contributed by atoms with van der Waals surface area (Å²) in [7, 11) is 0. The Morgan fingerprint density at radius 1 is 1.05 bits per heavy atom. The number of aromatic amines is 1. The molecule has 4 rings (SSSR count). The summed E-state index contributed by atoms with van der Waals surface area (Å²) < 4.78 is 5.97. The van der Waals surface area contributed by atoms with Crippen molar-refractivity contribution in [3.05, 3.63) is 71.8 Å². The second-order valence-electron chi connectivity index (χ2n) is 9.05. The smallest absolute Gasteiger partial charge is 0.255 e. The number of likely N-dealkylation sites (N-methyl/N-ethyl adjacent to an activating group) is 1. The topological polar surface area (TPSA) is 160 Å². The second kappa shape index (κ2) is 12.0. The van der Waals surface area contributed by atoms with Crippen molar-refractivity contribution in [1.29, 1.82) is 0 Å². The molecule has 7 N–H and O–H groups in total. The monoisotopic (exact) mass is 530 g/mol. The number of primary amides is 1. The van der Waals surface area contributed by atoms with E-state index in [0.717, 1.165) is 0 Å². The number of nitrogen functional groups attached to an aromatic ring is 1. The van der Waals surface area contributed by atoms with Crippen LogP contribution >= 0.6 is 0 Å². The van der Waals surface area contributed by atoms with Gasteiger partial charge in [0.1, 0.15) is 5.75 Å². The van der Waals surface area contributed by atoms with Crippen LogP contribution in [0, 0.1) is 0 Å². The van der Waals surface area contributed by atoms with Crippen molar-refractivity contribution in [2.24, 2.45) is 5.73 Å². The van der Waals surface area contributed by atoms with Crippen molar-refractivity contribution in [1.82, 2.24) is 14.9 Å². The third-order valence-corrected chi connectivity index (χ3v) is 6.67. The zero-order valence-electron chi connectivity index (χ0n) is 22.3. The van der Waals surface area contributed by atoms with Crippen molar-refractivity contribution in [2.75, 3.05) is 30.7 Å². The van der Waals surface area contributed by atoms with Gasteiger partial charge in [-0.2, -0.15) is 0 Å². The molecule has 10 heteroatoms. The number of hydrogen-bond acceptors (Lipinski definition) is 7. The van der Waals surface area contributed by atoms with E-state index in [-0.39, 0.29) is 5.95 Å². The van der Waals surface area contributed by atoms with E-state index < -0.39 is 24.0 Å². The molecule has 0 saturated carbocycles. The maximum absolute atomic E-state index is 13.3. The van der Waals surface area contributed by atoms with Gasteiger partial charge in [0.25, 0.3) is 5.91 Å². The summed E-state index contributed by atoms with van der Waals surface area (Å²) in [6.45, 7) is 7.39. The first-order valence-electron chi connectivity index (χ1n) is 12.9. The van der Waals surface area contributed by atoms with Crippen molar-refractivity contribution in [3.8, 4) is 16.9 Å². The lowest BCUT2D eigenvalue weighted by atomic mass is 9.93. The Bertz CT molecular complexity index is 1480. The number of amides is 2. The molecule has 0 aliphatic rings. The highest BCUT2D eigenvalue weighted by Crippen LogP contribution is 2.37. The van der Waals surface area contributed by atoms with E-state index in [1.807, 2.05) is 56.0 Å². The van der Waals surface area contributed by atoms with Gasteiger partial charge in [-0.05, 0) is 61.5 Å². The van der Waals surface area contributed by atoms with Gasteiger partial charge in [0.05, 0.1) is 23.7 Å². The number of nitrogens with zero attached hydrogens (tertiary/aromatic N) is 2. The van der Waals surface area contributed by atoms with E-state index in [0.29, 0.717) is 64.4 Å². The number of aliphatic hydroxyl groups is 1. The SMILES string of the molecule is CCOc1cc(C(C(O)C(=O)Nc2ccc3nc(N)[nH]c3c2)N(CC)CC)ccc1-c1ccccc1C(N)=O. The van der Waals surface area contributed by atoms with Crippen LogP contribution in [0.2, 0.25) is 0 Å². The predicted molar refractivity (Wildman–Crippen MR) is 152 cm³/mol. The van der Waals surface area contributed by atoms with Gasteiger partial charge in [0, 0.05) is 16.8 Å². The molecule has 0 radical (unpaired) electrons. The lowest BCUT2D eigenvalue weighted by Crippen LogP contribution is -2.42. The standard InChI is InChI=1S/C29H34N6O4/c1-4-35(5-2)25(26(36)28(38)32-18-12-14-22-23(16-18)34-29(31)33-22)17-11-13-20(24(15-17)39-6-3)19-9-7-8-10-21(19)27(30)37/h7-16,25-26,36H,4-6H2,1-3H3,(H2,30,37)(H,32,38)(H3,31,33,34). The number of anilines is 2. The predicted octanol–water partition coefficient (Wildman–Crippen LogP) is 3.69. The molecule has 1 aromatic heterocycles. The Balaban J connectivity index is 1.70. The molecule has 1 heterocycles. The molecule has 0 aliphatic heterocycles. The minimum atomic E-state index is -1.40. The number of aliphatic hydroxyl groups excluding tert-OH is 1. The lowest BCUT2D eigenvalue weighted by Gasteiger charge is -2.33. The van der Waals surface area contributed by atoms with Gasteiger partial charge in [-0.1, -0.05) is 44.2 Å². The average Bonchev–Trinajstić information content (AvgIpc) is 3.30. The second-order valence-corrected chi connectivity index (χ2v) is 9.05. The van der Waals surface area contributed by atoms with Crippen molar-refractivity contribution < 1.29 is 19.4 Å². The summed E-state index contributed by atoms with van der Waals surface area (Å²) in [6, 6.07) is 17.1. The molecule has 0 bridgehead atoms. The molecule has 0 saturated heterocycles. The molecule has 3 aromatic carbocycles. The van der Waals surface area contributed by atoms with E-state index in [9.17, 15) is 14.7 Å². The molecule has 4 aromatic rings. The number of ether oxygens (including phenoxy) is 1. The number of hydrogen-bond donors (Lipinski definition) is 5. The Labute approximate surface area is 227 Å². The Hall–Kier alpha value is -4.41. The average molecular weight is 531 g/mol. The molecular formula is C29H34N6O4. The van der Waals surface area contributed by atoms with Crippen LogP contribution in [0.5, 0.6) is 5.75 Å². The number of benzene rings is 3. The number of carbonyl (C=O) groups is 2. The number of H-pyrrole nitrogens is 1. The number of rotatable bonds is 11. The number of imidazole rings is 1. The van der Waals surface area contributed by atoms with Crippen LogP contribution in [-0.4, -0.2) is 57.6 Å². The van der Waals surface area contributed by atoms with Crippen molar-refractivity contribution in [2.45, 2.75) is 32.9 Å². The summed E-state index contributed by atoms with van der Waals surface area (Å²) in [5.74, 6) is -0.293. The highest BCUT2D eigenvalue weighted by Gasteiger charge is 2.32. The third kappa shape index (κ3) is 5.87. The van der Waals surface area contributed by atoms with Crippen molar-refractivity contribution in [3.63, 3.8) is 0 Å². The van der Waals surface area contributed by atoms with Gasteiger partial charge < -0.3 is 31.6 Å². The number of nitrogens with two attached hydrogens (primary N) is 2. The van der Waals surface area contributed by atoms with E-state index in [2.05, 4.69) is 15.3 Å². The van der Waals surface area contributed by atoms with E-state index in [1.165, 1.54) is 0 Å². The Morgan fingerprint density at radius 3 is 2.49 bits per heavy atom. The molecule has 2 atom stereocenters. The fourth-order valence-corrected chi connectivity index (χ4v) is 4.83. The van der Waals surface area contributed by atoms with Gasteiger partial charge in [-0.3, -0.25) is 14.5 Å². The van der Waals surface area contributed by atoms with Gasteiger partial charge >= 0.3 is 0 Å². The Kier molecular flexibility index (Phi) is 8.48. The molecule has 2 amide bonds. The van der Waals surface area contributed by atoms with Gasteiger partial charge in [-0.25, -0.2) is 4.98 Å². The zero-order chi connectivity index (χ0) is 28.1. The molecule has 0 spiro atoms. The first-order valence-corrected chi connectivity index (χ1v) is 12.9. The maximum atomic E-state index is 13.3. The number of nitrogens with one attached hydrogen (secondary N) is 2. The molecular weight excluding hydrogens is 496 g/mol. The summed E-state index contributed by atoms with van der Waals surface area (Å²) in [6.07, 6.45) is -1.40. The maximum Gasteiger partial charge on any atom is 0.255 e. The quantitative estimate of drug-likeness (QED) is 0.198. The number of carbonyl (C=O) groups excluding carboxylic acids is 2. The lowest BCUT2D eigenvalue weighted by molar-refractivity contribution is -0.127. The molecule has 0 fully saturated rings. The highest BCUT2D eigenvalue weighted by atomic mass is 16.5. The molecule has 0 aliphatic carbocycles. The van der Waals surface area contributed by atoms with Gasteiger partial charge in [0.2, 0.25) is 5.91 Å². The van der Waals surface area contributed by atoms with Crippen LogP contribution in [0.3, 0.4) is 0 Å². The summed E-state index contributed by atoms with van der Waals surface area (Å²) in [4.78, 5) is 34.5. The molecule has 10 nitrogen and oxygen atoms in total. The summed E-state index contributed by atoms with van der Waals surface area (Å²) in [5, 5.41) is 14.2. The van der Waals surface area contributed by atoms with Crippen LogP contribution in [0.4, 0.5) is 11.6 Å². The van der Waals surface area contributed by atoms with E-state index in [4.69, 9.17) is 16.2 Å². The Morgan fingerprint density at radius 2 is 1.79 bits per heavy atom. The largest absolute Gasteiger partial charge is 0.493 e. The highest BCUT2D eigenvalue weighted by molar-refractivity contribution is 6.00. The van der Waals surface area contributed by atoms with Crippen LogP contribution < -0.4 is 21.5 Å². The molecule has 204 valence electrons. The van der Waals surface area contributed by atoms with Crippen molar-refractivity contribution >= 4 is 34.5 Å².